The molecule has 2 N–H and O–H groups in total. The minimum atomic E-state index is -1.02. The van der Waals surface area contributed by atoms with Crippen LogP contribution in [0, 0.1) is 0 Å². The van der Waals surface area contributed by atoms with Gasteiger partial charge in [0.15, 0.2) is 0 Å². The van der Waals surface area contributed by atoms with Crippen LogP contribution in [0.5, 0.6) is 0 Å². The number of aromatic nitrogens is 1. The van der Waals surface area contributed by atoms with E-state index in [9.17, 15) is 4.79 Å². The fraction of sp³-hybridized carbons (Fsp3) is 0.111. The Balaban J connectivity index is 2.95. The van der Waals surface area contributed by atoms with Gasteiger partial charge in [-0.25, -0.2) is 9.78 Å². The number of hydrogen-bond acceptors (Lipinski definition) is 3. The molecule has 1 aromatic rings. The molecule has 0 fully saturated rings. The summed E-state index contributed by atoms with van der Waals surface area (Å²) in [6, 6.07) is 1.49. The molecule has 0 aliphatic carbocycles. The first-order valence-electron chi connectivity index (χ1n) is 3.96. The van der Waals surface area contributed by atoms with E-state index in [1.807, 2.05) is 0 Å². The van der Waals surface area contributed by atoms with Crippen LogP contribution in [0.1, 0.15) is 10.4 Å². The van der Waals surface area contributed by atoms with Crippen LogP contribution in [0.25, 0.3) is 0 Å². The molecule has 4 nitrogen and oxygen atoms in total. The number of nitrogens with one attached hydrogen (secondary N) is 1. The van der Waals surface area contributed by atoms with E-state index >= 15 is 0 Å². The topological polar surface area (TPSA) is 62.2 Å². The van der Waals surface area contributed by atoms with E-state index < -0.39 is 5.97 Å². The van der Waals surface area contributed by atoms with Gasteiger partial charge in [0.1, 0.15) is 11.4 Å². The lowest BCUT2D eigenvalue weighted by Crippen LogP contribution is -2.09. The summed E-state index contributed by atoms with van der Waals surface area (Å²) in [5, 5.41) is 11.8. The maximum atomic E-state index is 10.9. The second kappa shape index (κ2) is 5.27. The first-order chi connectivity index (χ1) is 7.00. The Kier molecular flexibility index (Phi) is 4.28. The summed E-state index contributed by atoms with van der Waals surface area (Å²) < 4.78 is 1.35. The molecule has 0 radical (unpaired) electrons. The van der Waals surface area contributed by atoms with Crippen LogP contribution in [-0.4, -0.2) is 22.6 Å². The molecule has 15 heavy (non-hydrogen) atoms. The third-order valence-corrected chi connectivity index (χ3v) is 2.25. The largest absolute Gasteiger partial charge is 0.478 e. The zero-order chi connectivity index (χ0) is 11.4. The van der Waals surface area contributed by atoms with Crippen molar-refractivity contribution in [1.82, 2.24) is 4.98 Å². The summed E-state index contributed by atoms with van der Waals surface area (Å²) in [6.45, 7) is 4.06. The Morgan fingerprint density at radius 1 is 1.67 bits per heavy atom. The number of rotatable bonds is 4. The van der Waals surface area contributed by atoms with Crippen LogP contribution in [-0.2, 0) is 0 Å². The van der Waals surface area contributed by atoms with E-state index in [0.29, 0.717) is 16.8 Å². The van der Waals surface area contributed by atoms with Crippen molar-refractivity contribution in [3.05, 3.63) is 33.4 Å². The van der Waals surface area contributed by atoms with Crippen LogP contribution in [0.4, 0.5) is 5.82 Å². The fourth-order valence-electron chi connectivity index (χ4n) is 0.923. The van der Waals surface area contributed by atoms with Crippen molar-refractivity contribution in [2.24, 2.45) is 0 Å². The zero-order valence-electron chi connectivity index (χ0n) is 7.63. The van der Waals surface area contributed by atoms with Crippen molar-refractivity contribution in [2.45, 2.75) is 0 Å². The molecule has 0 saturated carbocycles. The van der Waals surface area contributed by atoms with E-state index in [1.165, 1.54) is 12.3 Å². The number of anilines is 1. The van der Waals surface area contributed by atoms with E-state index in [2.05, 4.69) is 48.7 Å². The Morgan fingerprint density at radius 2 is 2.33 bits per heavy atom. The molecule has 0 saturated heterocycles. The van der Waals surface area contributed by atoms with E-state index in [-0.39, 0.29) is 5.56 Å². The van der Waals surface area contributed by atoms with Gasteiger partial charge in [0.25, 0.3) is 0 Å². The molecule has 6 heteroatoms. The Labute approximate surface area is 104 Å². The maximum absolute atomic E-state index is 10.9. The molecule has 80 valence electrons. The molecule has 0 aromatic carbocycles. The van der Waals surface area contributed by atoms with Gasteiger partial charge in [-0.15, -0.1) is 0 Å². The summed E-state index contributed by atoms with van der Waals surface area (Å²) in [4.78, 5) is 14.9. The van der Waals surface area contributed by atoms with Crippen molar-refractivity contribution in [3.8, 4) is 0 Å². The summed E-state index contributed by atoms with van der Waals surface area (Å²) in [6.07, 6.45) is 1.53. The highest BCUT2D eigenvalue weighted by atomic mass is 79.9. The van der Waals surface area contributed by atoms with Crippen LogP contribution >= 0.6 is 31.9 Å². The van der Waals surface area contributed by atoms with Crippen LogP contribution in [0.15, 0.2) is 27.8 Å². The third-order valence-electron chi connectivity index (χ3n) is 1.53. The normalized spacial score (nSPS) is 9.73. The van der Waals surface area contributed by atoms with Gasteiger partial charge >= 0.3 is 5.97 Å². The Bertz CT molecular complexity index is 407. The van der Waals surface area contributed by atoms with Crippen molar-refractivity contribution in [2.75, 3.05) is 11.9 Å². The minimum absolute atomic E-state index is 0.123. The predicted octanol–water partition coefficient (Wildman–Crippen LogP) is 2.86. The van der Waals surface area contributed by atoms with Crippen molar-refractivity contribution in [1.29, 1.82) is 0 Å². The molecular weight excluding hydrogens is 328 g/mol. The lowest BCUT2D eigenvalue weighted by atomic mass is 10.2. The highest BCUT2D eigenvalue weighted by molar-refractivity contribution is 9.11. The van der Waals surface area contributed by atoms with E-state index in [0.717, 1.165) is 4.48 Å². The number of pyridine rings is 1. The van der Waals surface area contributed by atoms with Gasteiger partial charge in [-0.1, -0.05) is 22.5 Å². The van der Waals surface area contributed by atoms with Crippen LogP contribution < -0.4 is 5.32 Å². The number of carbonyl (C=O) groups is 1. The van der Waals surface area contributed by atoms with Crippen molar-refractivity contribution in [3.63, 3.8) is 0 Å². The quantitative estimate of drug-likeness (QED) is 0.888. The zero-order valence-corrected chi connectivity index (χ0v) is 10.8. The van der Waals surface area contributed by atoms with Crippen molar-refractivity contribution >= 4 is 43.6 Å². The number of hydrogen-bond donors (Lipinski definition) is 2. The smallest absolute Gasteiger partial charge is 0.339 e. The molecule has 0 bridgehead atoms. The molecular formula is C9H8Br2N2O2. The summed E-state index contributed by atoms with van der Waals surface area (Å²) in [7, 11) is 0. The minimum Gasteiger partial charge on any atom is -0.478 e. The highest BCUT2D eigenvalue weighted by Gasteiger charge is 2.11. The average Bonchev–Trinajstić information content (AvgIpc) is 2.15. The first-order valence-corrected chi connectivity index (χ1v) is 5.55. The van der Waals surface area contributed by atoms with Gasteiger partial charge < -0.3 is 10.4 Å². The third kappa shape index (κ3) is 3.64. The molecule has 0 aliphatic rings. The van der Waals surface area contributed by atoms with E-state index in [1.54, 1.807) is 0 Å². The number of carboxylic acid groups (broad SMARTS) is 1. The average molecular weight is 336 g/mol. The summed E-state index contributed by atoms with van der Waals surface area (Å²) >= 11 is 6.33. The number of carboxylic acids is 1. The van der Waals surface area contributed by atoms with Crippen LogP contribution in [0.2, 0.25) is 0 Å². The Hall–Kier alpha value is -0.880. The number of aromatic carboxylic acids is 1. The molecule has 0 amide bonds. The summed E-state index contributed by atoms with van der Waals surface area (Å²) in [5.74, 6) is -0.696. The predicted molar refractivity (Wildman–Crippen MR) is 65.5 cm³/mol. The van der Waals surface area contributed by atoms with Crippen LogP contribution in [0.3, 0.4) is 0 Å². The molecule has 0 spiro atoms. The second-order valence-electron chi connectivity index (χ2n) is 2.73. The molecule has 0 atom stereocenters. The summed E-state index contributed by atoms with van der Waals surface area (Å²) in [5.41, 5.74) is 0.123. The van der Waals surface area contributed by atoms with Gasteiger partial charge in [-0.2, -0.15) is 0 Å². The fourth-order valence-corrected chi connectivity index (χ4v) is 1.39. The van der Waals surface area contributed by atoms with Gasteiger partial charge in [-0.05, 0) is 22.0 Å². The SMILES string of the molecule is C=C(Br)CNc1ncc(Br)cc1C(=O)O. The van der Waals surface area contributed by atoms with Crippen molar-refractivity contribution < 1.29 is 9.90 Å². The lowest BCUT2D eigenvalue weighted by Gasteiger charge is -2.07. The van der Waals surface area contributed by atoms with Gasteiger partial charge in [-0.3, -0.25) is 0 Å². The molecule has 0 aliphatic heterocycles. The van der Waals surface area contributed by atoms with E-state index in [4.69, 9.17) is 5.11 Å². The highest BCUT2D eigenvalue weighted by Crippen LogP contribution is 2.18. The standard InChI is InChI=1S/C9H8Br2N2O2/c1-5(10)3-12-8-7(9(14)15)2-6(11)4-13-8/h2,4H,1,3H2,(H,12,13)(H,14,15). The maximum Gasteiger partial charge on any atom is 0.339 e. The van der Waals surface area contributed by atoms with Gasteiger partial charge in [0.2, 0.25) is 0 Å². The monoisotopic (exact) mass is 334 g/mol. The van der Waals surface area contributed by atoms with Gasteiger partial charge in [0, 0.05) is 21.7 Å². The Morgan fingerprint density at radius 3 is 2.87 bits per heavy atom. The molecule has 1 rings (SSSR count). The second-order valence-corrected chi connectivity index (χ2v) is 4.76. The molecule has 1 heterocycles. The number of nitrogens with zero attached hydrogens (tertiary/aromatic N) is 1. The lowest BCUT2D eigenvalue weighted by molar-refractivity contribution is 0.0697. The number of halogens is 2. The van der Waals surface area contributed by atoms with Gasteiger partial charge in [0.05, 0.1) is 0 Å². The molecule has 0 unspecified atom stereocenters. The molecule has 1 aromatic heterocycles. The first kappa shape index (κ1) is 12.2.